The van der Waals surface area contributed by atoms with E-state index in [2.05, 4.69) is 16.0 Å². The summed E-state index contributed by atoms with van der Waals surface area (Å²) in [6.07, 6.45) is 0.864. The predicted octanol–water partition coefficient (Wildman–Crippen LogP) is 3.98. The van der Waals surface area contributed by atoms with E-state index in [1.165, 1.54) is 9.80 Å². The first-order chi connectivity index (χ1) is 14.4. The van der Waals surface area contributed by atoms with Crippen molar-refractivity contribution in [3.8, 4) is 6.07 Å². The average molecular weight is 409 g/mol. The lowest BCUT2D eigenvalue weighted by molar-refractivity contribution is 0.0257. The number of nitrogens with one attached hydrogen (secondary N) is 1. The summed E-state index contributed by atoms with van der Waals surface area (Å²) in [5.74, 6) is -2.75. The number of nitrogens with zero attached hydrogens (tertiary/aromatic N) is 4. The summed E-state index contributed by atoms with van der Waals surface area (Å²) in [5.41, 5.74) is 3.69. The van der Waals surface area contributed by atoms with Crippen LogP contribution in [0.3, 0.4) is 0 Å². The Hall–Kier alpha value is -3.67. The van der Waals surface area contributed by atoms with Crippen molar-refractivity contribution in [2.75, 3.05) is 29.5 Å². The van der Waals surface area contributed by atoms with E-state index in [4.69, 9.17) is 4.74 Å². The minimum Gasteiger partial charge on any atom is -0.447 e. The number of benzene rings is 2. The molecule has 2 saturated heterocycles. The van der Waals surface area contributed by atoms with Gasteiger partial charge in [-0.15, -0.1) is 0 Å². The second-order valence-electron chi connectivity index (χ2n) is 7.48. The van der Waals surface area contributed by atoms with Gasteiger partial charge in [-0.1, -0.05) is 6.07 Å². The van der Waals surface area contributed by atoms with Crippen molar-refractivity contribution < 1.29 is 18.3 Å². The maximum absolute atomic E-state index is 13.6. The first-order valence-electron chi connectivity index (χ1n) is 9.51. The molecule has 0 unspecified atom stereocenters. The standard InChI is InChI=1S/C21H17F2N5O2/c22-21(23)5-6-27(11-21)18-4-1-13(7-14(18)9-24)19-10-30-20(29)28(19)15-2-3-16-17(8-15)26-12-25-16/h1-4,7-8,12,19H,5-6,10-11H2,(H,25,26)/t19-/m1/s1. The van der Waals surface area contributed by atoms with Gasteiger partial charge in [0.05, 0.1) is 46.9 Å². The number of cyclic esters (lactones) is 1. The van der Waals surface area contributed by atoms with E-state index in [1.54, 1.807) is 36.7 Å². The topological polar surface area (TPSA) is 85.2 Å². The molecule has 152 valence electrons. The molecule has 2 fully saturated rings. The molecule has 2 aromatic carbocycles. The van der Waals surface area contributed by atoms with Gasteiger partial charge in [0.1, 0.15) is 12.7 Å². The SMILES string of the molecule is N#Cc1cc([C@H]2COC(=O)N2c2ccc3nc[nH]c3c2)ccc1N1CCC(F)(F)C1. The van der Waals surface area contributed by atoms with Gasteiger partial charge in [0.2, 0.25) is 0 Å². The first-order valence-corrected chi connectivity index (χ1v) is 9.51. The molecule has 0 saturated carbocycles. The number of nitriles is 1. The van der Waals surface area contributed by atoms with Crippen molar-refractivity contribution in [1.29, 1.82) is 5.26 Å². The highest BCUT2D eigenvalue weighted by Crippen LogP contribution is 2.37. The van der Waals surface area contributed by atoms with Crippen LogP contribution in [-0.2, 0) is 4.74 Å². The second kappa shape index (κ2) is 6.69. The lowest BCUT2D eigenvalue weighted by Gasteiger charge is -2.24. The number of halogens is 2. The fourth-order valence-electron chi connectivity index (χ4n) is 4.09. The summed E-state index contributed by atoms with van der Waals surface area (Å²) in [7, 11) is 0. The molecule has 3 heterocycles. The van der Waals surface area contributed by atoms with Gasteiger partial charge in [-0.05, 0) is 35.9 Å². The molecule has 2 aliphatic rings. The zero-order chi connectivity index (χ0) is 20.9. The normalized spacial score (nSPS) is 20.6. The van der Waals surface area contributed by atoms with Gasteiger partial charge < -0.3 is 14.6 Å². The molecule has 1 N–H and O–H groups in total. The Labute approximate surface area is 170 Å². The predicted molar refractivity (Wildman–Crippen MR) is 106 cm³/mol. The van der Waals surface area contributed by atoms with Crippen molar-refractivity contribution in [3.63, 3.8) is 0 Å². The van der Waals surface area contributed by atoms with Crippen molar-refractivity contribution in [1.82, 2.24) is 9.97 Å². The summed E-state index contributed by atoms with van der Waals surface area (Å²) in [6, 6.07) is 12.2. The Morgan fingerprint density at radius 2 is 2.13 bits per heavy atom. The third-order valence-electron chi connectivity index (χ3n) is 5.59. The van der Waals surface area contributed by atoms with Crippen LogP contribution in [0.4, 0.5) is 25.0 Å². The number of H-pyrrole nitrogens is 1. The molecule has 9 heteroatoms. The van der Waals surface area contributed by atoms with Gasteiger partial charge in [-0.2, -0.15) is 5.26 Å². The smallest absolute Gasteiger partial charge is 0.415 e. The minimum absolute atomic E-state index is 0.131. The maximum Gasteiger partial charge on any atom is 0.415 e. The quantitative estimate of drug-likeness (QED) is 0.707. The number of amides is 1. The molecule has 0 radical (unpaired) electrons. The first kappa shape index (κ1) is 18.4. The van der Waals surface area contributed by atoms with E-state index in [0.717, 1.165) is 11.0 Å². The van der Waals surface area contributed by atoms with Gasteiger partial charge in [0.15, 0.2) is 0 Å². The Bertz CT molecular complexity index is 1190. The van der Waals surface area contributed by atoms with Gasteiger partial charge >= 0.3 is 6.09 Å². The largest absolute Gasteiger partial charge is 0.447 e. The number of aromatic nitrogens is 2. The molecular weight excluding hydrogens is 392 g/mol. The van der Waals surface area contributed by atoms with E-state index in [0.29, 0.717) is 22.5 Å². The summed E-state index contributed by atoms with van der Waals surface area (Å²) < 4.78 is 32.5. The van der Waals surface area contributed by atoms with Crippen LogP contribution in [-0.4, -0.2) is 41.7 Å². The Kier molecular flexibility index (Phi) is 4.10. The zero-order valence-corrected chi connectivity index (χ0v) is 15.8. The van der Waals surface area contributed by atoms with E-state index in [9.17, 15) is 18.8 Å². The number of aromatic amines is 1. The van der Waals surface area contributed by atoms with Crippen LogP contribution in [0.25, 0.3) is 11.0 Å². The third-order valence-corrected chi connectivity index (χ3v) is 5.59. The van der Waals surface area contributed by atoms with E-state index < -0.39 is 24.6 Å². The molecule has 1 atom stereocenters. The Morgan fingerprint density at radius 1 is 1.27 bits per heavy atom. The molecule has 1 aromatic heterocycles. The maximum atomic E-state index is 13.6. The van der Waals surface area contributed by atoms with E-state index >= 15 is 0 Å². The van der Waals surface area contributed by atoms with Gasteiger partial charge in [-0.3, -0.25) is 4.90 Å². The highest BCUT2D eigenvalue weighted by molar-refractivity contribution is 5.93. The van der Waals surface area contributed by atoms with Crippen molar-refractivity contribution in [3.05, 3.63) is 53.9 Å². The lowest BCUT2D eigenvalue weighted by atomic mass is 10.0. The number of imidazole rings is 1. The van der Waals surface area contributed by atoms with E-state index in [1.807, 2.05) is 6.07 Å². The fourth-order valence-corrected chi connectivity index (χ4v) is 4.09. The highest BCUT2D eigenvalue weighted by atomic mass is 19.3. The molecule has 0 spiro atoms. The molecule has 5 rings (SSSR count). The Balaban J connectivity index is 1.49. The van der Waals surface area contributed by atoms with Crippen molar-refractivity contribution >= 4 is 28.5 Å². The number of carbonyl (C=O) groups excluding carboxylic acids is 1. The summed E-state index contributed by atoms with van der Waals surface area (Å²) in [5, 5.41) is 9.62. The number of rotatable bonds is 3. The highest BCUT2D eigenvalue weighted by Gasteiger charge is 2.40. The van der Waals surface area contributed by atoms with Crippen LogP contribution in [0.1, 0.15) is 23.6 Å². The van der Waals surface area contributed by atoms with Crippen LogP contribution >= 0.6 is 0 Å². The molecule has 0 bridgehead atoms. The molecular formula is C21H17F2N5O2. The second-order valence-corrected chi connectivity index (χ2v) is 7.48. The number of hydrogen-bond acceptors (Lipinski definition) is 5. The molecule has 2 aliphatic heterocycles. The minimum atomic E-state index is -2.75. The molecule has 30 heavy (non-hydrogen) atoms. The summed E-state index contributed by atoms with van der Waals surface area (Å²) in [6.45, 7) is -0.0728. The molecule has 3 aromatic rings. The monoisotopic (exact) mass is 409 g/mol. The number of ether oxygens (including phenoxy) is 1. The number of anilines is 2. The van der Waals surface area contributed by atoms with E-state index in [-0.39, 0.29) is 19.6 Å². The van der Waals surface area contributed by atoms with Crippen molar-refractivity contribution in [2.45, 2.75) is 18.4 Å². The average Bonchev–Trinajstić information content (AvgIpc) is 3.44. The van der Waals surface area contributed by atoms with Crippen LogP contribution < -0.4 is 9.80 Å². The van der Waals surface area contributed by atoms with Gasteiger partial charge in [-0.25, -0.2) is 18.6 Å². The zero-order valence-electron chi connectivity index (χ0n) is 15.8. The molecule has 7 nitrogen and oxygen atoms in total. The van der Waals surface area contributed by atoms with Crippen LogP contribution in [0, 0.1) is 11.3 Å². The number of fused-ring (bicyclic) bond motifs is 1. The fraction of sp³-hybridized carbons (Fsp3) is 0.286. The summed E-state index contributed by atoms with van der Waals surface area (Å²) >= 11 is 0. The molecule has 1 amide bonds. The lowest BCUT2D eigenvalue weighted by Crippen LogP contribution is -2.28. The number of hydrogen-bond donors (Lipinski definition) is 1. The third kappa shape index (κ3) is 3.01. The van der Waals surface area contributed by atoms with Crippen LogP contribution in [0.5, 0.6) is 0 Å². The molecule has 0 aliphatic carbocycles. The Morgan fingerprint density at radius 3 is 2.90 bits per heavy atom. The van der Waals surface area contributed by atoms with Crippen LogP contribution in [0.15, 0.2) is 42.7 Å². The van der Waals surface area contributed by atoms with Crippen molar-refractivity contribution in [2.24, 2.45) is 0 Å². The van der Waals surface area contributed by atoms with Gasteiger partial charge in [0, 0.05) is 13.0 Å². The van der Waals surface area contributed by atoms with Crippen LogP contribution in [0.2, 0.25) is 0 Å². The number of alkyl halides is 2. The summed E-state index contributed by atoms with van der Waals surface area (Å²) in [4.78, 5) is 22.7. The van der Waals surface area contributed by atoms with Gasteiger partial charge in [0.25, 0.3) is 5.92 Å². The number of carbonyl (C=O) groups is 1.